The van der Waals surface area contributed by atoms with Crippen LogP contribution in [0.5, 0.6) is 0 Å². The van der Waals surface area contributed by atoms with Crippen molar-refractivity contribution in [1.29, 1.82) is 0 Å². The summed E-state index contributed by atoms with van der Waals surface area (Å²) in [6.45, 7) is 0. The normalized spacial score (nSPS) is 20.3. The van der Waals surface area contributed by atoms with E-state index in [4.69, 9.17) is 0 Å². The van der Waals surface area contributed by atoms with Crippen molar-refractivity contribution < 1.29 is 5.11 Å². The van der Waals surface area contributed by atoms with E-state index in [1.165, 1.54) is 22.3 Å². The first-order valence-corrected chi connectivity index (χ1v) is 12.0. The van der Waals surface area contributed by atoms with Gasteiger partial charge >= 0.3 is 0 Å². The van der Waals surface area contributed by atoms with E-state index in [2.05, 4.69) is 91.0 Å². The van der Waals surface area contributed by atoms with Crippen LogP contribution in [0, 0.1) is 5.92 Å². The monoisotopic (exact) mass is 375 g/mol. The van der Waals surface area contributed by atoms with E-state index in [9.17, 15) is 5.11 Å². The minimum atomic E-state index is -1.82. The second-order valence-corrected chi connectivity index (χ2v) is 11.1. The van der Waals surface area contributed by atoms with Crippen molar-refractivity contribution in [1.82, 2.24) is 0 Å². The fourth-order valence-corrected chi connectivity index (χ4v) is 9.26. The third kappa shape index (κ3) is 3.72. The van der Waals surface area contributed by atoms with Gasteiger partial charge in [-0.25, -0.2) is 0 Å². The number of aliphatic hydroxyl groups excluding tert-OH is 1. The number of benzene rings is 3. The average Bonchev–Trinajstić information content (AvgIpc) is 2.75. The first-order valence-electron chi connectivity index (χ1n) is 10.0. The molecule has 1 saturated carbocycles. The highest BCUT2D eigenvalue weighted by atomic mass is 31.2. The summed E-state index contributed by atoms with van der Waals surface area (Å²) >= 11 is 0. The Morgan fingerprint density at radius 1 is 0.630 bits per heavy atom. The molecular formula is C25H28OP+. The van der Waals surface area contributed by atoms with Crippen molar-refractivity contribution in [3.8, 4) is 0 Å². The lowest BCUT2D eigenvalue weighted by Gasteiger charge is -2.34. The Hall–Kier alpha value is -1.95. The smallest absolute Gasteiger partial charge is 0.112 e. The Labute approximate surface area is 163 Å². The van der Waals surface area contributed by atoms with Crippen molar-refractivity contribution in [3.05, 3.63) is 91.0 Å². The summed E-state index contributed by atoms with van der Waals surface area (Å²) in [5.74, 6) is 0.368. The standard InChI is InChI=1S/C25H28OP/c26-25-19-11-10-12-21(25)20-27(22-13-4-1-5-14-22,23-15-6-2-7-16-23)24-17-8-3-9-18-24/h1-9,13-18,21,25-26H,10-12,19-20H2/q+1. The molecule has 2 unspecified atom stereocenters. The second-order valence-electron chi connectivity index (χ2n) is 7.61. The van der Waals surface area contributed by atoms with E-state index in [1.54, 1.807) is 0 Å². The number of aliphatic hydroxyl groups is 1. The SMILES string of the molecule is OC1CCCCC1C[P+](c1ccccc1)(c1ccccc1)c1ccccc1. The van der Waals surface area contributed by atoms with Gasteiger partial charge in [-0.05, 0) is 49.2 Å². The van der Waals surface area contributed by atoms with Gasteiger partial charge in [0.25, 0.3) is 0 Å². The van der Waals surface area contributed by atoms with E-state index in [-0.39, 0.29) is 6.10 Å². The second kappa shape index (κ2) is 8.38. The van der Waals surface area contributed by atoms with Crippen molar-refractivity contribution in [2.45, 2.75) is 31.8 Å². The summed E-state index contributed by atoms with van der Waals surface area (Å²) in [5, 5.41) is 15.0. The Morgan fingerprint density at radius 2 is 1.04 bits per heavy atom. The molecule has 2 atom stereocenters. The van der Waals surface area contributed by atoms with Crippen LogP contribution in [-0.2, 0) is 0 Å². The summed E-state index contributed by atoms with van der Waals surface area (Å²) in [7, 11) is -1.82. The minimum absolute atomic E-state index is 0.172. The lowest BCUT2D eigenvalue weighted by molar-refractivity contribution is 0.0811. The van der Waals surface area contributed by atoms with Crippen LogP contribution in [0.2, 0.25) is 0 Å². The molecule has 1 aliphatic rings. The molecule has 0 aliphatic heterocycles. The van der Waals surface area contributed by atoms with Gasteiger partial charge in [0.05, 0.1) is 12.3 Å². The molecule has 0 spiro atoms. The lowest BCUT2D eigenvalue weighted by Crippen LogP contribution is -2.39. The molecule has 1 nitrogen and oxygen atoms in total. The number of rotatable bonds is 5. The first-order chi connectivity index (χ1) is 13.3. The summed E-state index contributed by atoms with van der Waals surface area (Å²) in [4.78, 5) is 0. The van der Waals surface area contributed by atoms with E-state index in [0.29, 0.717) is 5.92 Å². The first kappa shape index (κ1) is 18.4. The molecule has 3 aromatic carbocycles. The molecular weight excluding hydrogens is 347 g/mol. The zero-order valence-corrected chi connectivity index (χ0v) is 16.6. The van der Waals surface area contributed by atoms with Gasteiger partial charge < -0.3 is 5.11 Å². The van der Waals surface area contributed by atoms with Crippen LogP contribution >= 0.6 is 7.26 Å². The third-order valence-electron chi connectivity index (χ3n) is 5.97. The van der Waals surface area contributed by atoms with Crippen molar-refractivity contribution in [3.63, 3.8) is 0 Å². The number of hydrogen-bond acceptors (Lipinski definition) is 1. The molecule has 27 heavy (non-hydrogen) atoms. The molecule has 138 valence electrons. The maximum Gasteiger partial charge on any atom is 0.112 e. The molecule has 4 rings (SSSR count). The molecule has 0 radical (unpaired) electrons. The fourth-order valence-electron chi connectivity index (χ4n) is 4.56. The minimum Gasteiger partial charge on any atom is -0.393 e. The highest BCUT2D eigenvalue weighted by molar-refractivity contribution is 7.95. The summed E-state index contributed by atoms with van der Waals surface area (Å²) in [5.41, 5.74) is 0. The Bertz CT molecular complexity index is 735. The molecule has 1 N–H and O–H groups in total. The van der Waals surface area contributed by atoms with Gasteiger partial charge in [-0.15, -0.1) is 0 Å². The molecule has 0 saturated heterocycles. The largest absolute Gasteiger partial charge is 0.393 e. The van der Waals surface area contributed by atoms with Gasteiger partial charge in [0, 0.05) is 5.92 Å². The van der Waals surface area contributed by atoms with Crippen LogP contribution in [0.1, 0.15) is 25.7 Å². The van der Waals surface area contributed by atoms with Crippen molar-refractivity contribution >= 4 is 23.2 Å². The van der Waals surface area contributed by atoms with Gasteiger partial charge in [-0.3, -0.25) is 0 Å². The van der Waals surface area contributed by atoms with Gasteiger partial charge in [-0.2, -0.15) is 0 Å². The van der Waals surface area contributed by atoms with Gasteiger partial charge in [0.2, 0.25) is 0 Å². The molecule has 0 amide bonds. The summed E-state index contributed by atoms with van der Waals surface area (Å²) in [6, 6.07) is 33.0. The van der Waals surface area contributed by atoms with Crippen LogP contribution in [0.3, 0.4) is 0 Å². The molecule has 1 aliphatic carbocycles. The summed E-state index contributed by atoms with van der Waals surface area (Å²) < 4.78 is 0. The Balaban J connectivity index is 1.91. The quantitative estimate of drug-likeness (QED) is 0.650. The molecule has 0 bridgehead atoms. The zero-order chi connectivity index (χ0) is 18.5. The van der Waals surface area contributed by atoms with Crippen LogP contribution < -0.4 is 15.9 Å². The Kier molecular flexibility index (Phi) is 5.72. The van der Waals surface area contributed by atoms with Crippen LogP contribution in [0.25, 0.3) is 0 Å². The van der Waals surface area contributed by atoms with Crippen molar-refractivity contribution in [2.24, 2.45) is 5.92 Å². The number of hydrogen-bond donors (Lipinski definition) is 1. The molecule has 0 aromatic heterocycles. The zero-order valence-electron chi connectivity index (χ0n) is 15.7. The molecule has 0 heterocycles. The third-order valence-corrected chi connectivity index (χ3v) is 10.5. The van der Waals surface area contributed by atoms with E-state index in [0.717, 1.165) is 25.4 Å². The van der Waals surface area contributed by atoms with Gasteiger partial charge in [-0.1, -0.05) is 67.4 Å². The predicted octanol–water partition coefficient (Wildman–Crippen LogP) is 4.53. The van der Waals surface area contributed by atoms with Crippen LogP contribution in [0.15, 0.2) is 91.0 Å². The van der Waals surface area contributed by atoms with Gasteiger partial charge in [0.1, 0.15) is 23.2 Å². The van der Waals surface area contributed by atoms with E-state index in [1.807, 2.05) is 0 Å². The lowest BCUT2D eigenvalue weighted by atomic mass is 9.88. The maximum absolute atomic E-state index is 10.8. The maximum atomic E-state index is 10.8. The highest BCUT2D eigenvalue weighted by Crippen LogP contribution is 2.57. The van der Waals surface area contributed by atoms with Crippen LogP contribution in [-0.4, -0.2) is 17.4 Å². The highest BCUT2D eigenvalue weighted by Gasteiger charge is 2.48. The van der Waals surface area contributed by atoms with E-state index < -0.39 is 7.26 Å². The fraction of sp³-hybridized carbons (Fsp3) is 0.280. The molecule has 1 fully saturated rings. The predicted molar refractivity (Wildman–Crippen MR) is 118 cm³/mol. The van der Waals surface area contributed by atoms with Crippen LogP contribution in [0.4, 0.5) is 0 Å². The van der Waals surface area contributed by atoms with E-state index >= 15 is 0 Å². The molecule has 3 aromatic rings. The molecule has 2 heteroatoms. The summed E-state index contributed by atoms with van der Waals surface area (Å²) in [6.07, 6.45) is 5.35. The average molecular weight is 375 g/mol. The van der Waals surface area contributed by atoms with Gasteiger partial charge in [0.15, 0.2) is 0 Å². The topological polar surface area (TPSA) is 20.2 Å². The Morgan fingerprint density at radius 3 is 1.44 bits per heavy atom. The van der Waals surface area contributed by atoms with Crippen molar-refractivity contribution in [2.75, 3.05) is 6.16 Å².